The van der Waals surface area contributed by atoms with E-state index in [4.69, 9.17) is 24.3 Å². The van der Waals surface area contributed by atoms with Gasteiger partial charge in [0.25, 0.3) is 0 Å². The third kappa shape index (κ3) is 4.85. The maximum absolute atomic E-state index is 5.56. The van der Waals surface area contributed by atoms with Crippen LogP contribution in [-0.2, 0) is 0 Å². The Kier molecular flexibility index (Phi) is 7.21. The number of pyridine rings is 1. The van der Waals surface area contributed by atoms with Crippen LogP contribution in [0.2, 0.25) is 0 Å². The quantitative estimate of drug-likeness (QED) is 0.485. The topological polar surface area (TPSA) is 70.2 Å². The highest BCUT2D eigenvalue weighted by Gasteiger charge is 2.18. The molecule has 0 saturated heterocycles. The zero-order chi connectivity index (χ0) is 22.3. The monoisotopic (exact) mass is 452 g/mol. The van der Waals surface area contributed by atoms with Gasteiger partial charge < -0.3 is 14.2 Å². The van der Waals surface area contributed by atoms with Gasteiger partial charge in [0.1, 0.15) is 0 Å². The molecule has 0 N–H and O–H groups in total. The molecule has 0 spiro atoms. The lowest BCUT2D eigenvalue weighted by molar-refractivity contribution is 0.324. The Labute approximate surface area is 192 Å². The zero-order valence-corrected chi connectivity index (χ0v) is 19.5. The summed E-state index contributed by atoms with van der Waals surface area (Å²) in [6, 6.07) is 8.08. The first-order chi connectivity index (χ1) is 15.7. The van der Waals surface area contributed by atoms with Gasteiger partial charge in [0.15, 0.2) is 11.5 Å². The fourth-order valence-electron chi connectivity index (χ4n) is 3.87. The normalized spacial score (nSPS) is 15.3. The highest BCUT2D eigenvalue weighted by molar-refractivity contribution is 7.07. The van der Waals surface area contributed by atoms with Crippen molar-refractivity contribution in [2.75, 3.05) is 21.3 Å². The summed E-state index contributed by atoms with van der Waals surface area (Å²) < 4.78 is 18.5. The van der Waals surface area contributed by atoms with Crippen LogP contribution in [0.25, 0.3) is 11.3 Å². The molecular weight excluding hydrogens is 424 g/mol. The number of rotatable bonds is 7. The summed E-state index contributed by atoms with van der Waals surface area (Å²) in [5.74, 6) is 1.76. The van der Waals surface area contributed by atoms with Crippen molar-refractivity contribution in [3.8, 4) is 28.5 Å². The van der Waals surface area contributed by atoms with Crippen molar-refractivity contribution in [3.05, 3.63) is 52.4 Å². The van der Waals surface area contributed by atoms with Crippen LogP contribution in [0.1, 0.15) is 37.7 Å². The van der Waals surface area contributed by atoms with E-state index in [1.807, 2.05) is 28.9 Å². The van der Waals surface area contributed by atoms with Gasteiger partial charge in [0.05, 0.1) is 39.3 Å². The number of aromatic nitrogens is 2. The standard InChI is InChI=1S/C24H28N4O3S/c1-29-21-12-18(13-22(30-2)23(21)31-3)20-16-32-24(27-19-9-5-4-6-10-19)28(20)26-15-17-8-7-11-25-14-17/h7-8,11-16,19H,4-6,9-10H2,1-3H3. The Morgan fingerprint density at radius 3 is 2.44 bits per heavy atom. The highest BCUT2D eigenvalue weighted by atomic mass is 32.1. The molecule has 32 heavy (non-hydrogen) atoms. The lowest BCUT2D eigenvalue weighted by atomic mass is 9.96. The summed E-state index contributed by atoms with van der Waals surface area (Å²) in [5.41, 5.74) is 2.73. The lowest BCUT2D eigenvalue weighted by Crippen LogP contribution is -2.19. The van der Waals surface area contributed by atoms with Crippen molar-refractivity contribution in [1.29, 1.82) is 0 Å². The van der Waals surface area contributed by atoms with Crippen molar-refractivity contribution in [3.63, 3.8) is 0 Å². The van der Waals surface area contributed by atoms with Gasteiger partial charge in [0, 0.05) is 28.9 Å². The molecule has 0 radical (unpaired) electrons. The van der Waals surface area contributed by atoms with Crippen molar-refractivity contribution in [1.82, 2.24) is 9.66 Å². The van der Waals surface area contributed by atoms with Gasteiger partial charge in [-0.05, 0) is 31.0 Å². The number of nitrogens with zero attached hydrogens (tertiary/aromatic N) is 4. The van der Waals surface area contributed by atoms with Gasteiger partial charge in [-0.25, -0.2) is 4.68 Å². The molecule has 8 heteroatoms. The number of ether oxygens (including phenoxy) is 3. The second-order valence-electron chi connectivity index (χ2n) is 7.58. The molecule has 1 aliphatic carbocycles. The average Bonchev–Trinajstić information content (AvgIpc) is 3.25. The third-order valence-corrected chi connectivity index (χ3v) is 6.35. The molecule has 2 heterocycles. The van der Waals surface area contributed by atoms with Crippen molar-refractivity contribution < 1.29 is 14.2 Å². The van der Waals surface area contributed by atoms with E-state index in [-0.39, 0.29) is 0 Å². The molecule has 1 saturated carbocycles. The van der Waals surface area contributed by atoms with Crippen LogP contribution in [0, 0.1) is 0 Å². The van der Waals surface area contributed by atoms with Crippen molar-refractivity contribution in [2.24, 2.45) is 10.1 Å². The average molecular weight is 453 g/mol. The van der Waals surface area contributed by atoms with Crippen molar-refractivity contribution >= 4 is 17.6 Å². The van der Waals surface area contributed by atoms with Crippen LogP contribution >= 0.6 is 11.3 Å². The van der Waals surface area contributed by atoms with Gasteiger partial charge in [0.2, 0.25) is 10.6 Å². The summed E-state index contributed by atoms with van der Waals surface area (Å²) in [6.07, 6.45) is 11.4. The van der Waals surface area contributed by atoms with Gasteiger partial charge in [-0.3, -0.25) is 9.98 Å². The second kappa shape index (κ2) is 10.5. The number of hydrogen-bond donors (Lipinski definition) is 0. The van der Waals surface area contributed by atoms with Crippen LogP contribution in [0.3, 0.4) is 0 Å². The van der Waals surface area contributed by atoms with Crippen LogP contribution < -0.4 is 19.0 Å². The summed E-state index contributed by atoms with van der Waals surface area (Å²) >= 11 is 1.59. The van der Waals surface area contributed by atoms with E-state index in [1.165, 1.54) is 19.3 Å². The maximum Gasteiger partial charge on any atom is 0.206 e. The summed E-state index contributed by atoms with van der Waals surface area (Å²) in [4.78, 5) is 10.1. The summed E-state index contributed by atoms with van der Waals surface area (Å²) in [7, 11) is 4.84. The van der Waals surface area contributed by atoms with E-state index in [2.05, 4.69) is 10.4 Å². The van der Waals surface area contributed by atoms with E-state index in [9.17, 15) is 0 Å². The van der Waals surface area contributed by atoms with Crippen LogP contribution in [0.15, 0.2) is 52.1 Å². The third-order valence-electron chi connectivity index (χ3n) is 5.52. The van der Waals surface area contributed by atoms with E-state index >= 15 is 0 Å². The minimum atomic E-state index is 0.343. The molecule has 1 aromatic carbocycles. The molecule has 0 aliphatic heterocycles. The first-order valence-electron chi connectivity index (χ1n) is 10.7. The smallest absolute Gasteiger partial charge is 0.206 e. The number of thiazole rings is 1. The number of methoxy groups -OCH3 is 3. The largest absolute Gasteiger partial charge is 0.493 e. The molecule has 4 rings (SSSR count). The van der Waals surface area contributed by atoms with E-state index in [0.29, 0.717) is 23.3 Å². The highest BCUT2D eigenvalue weighted by Crippen LogP contribution is 2.41. The van der Waals surface area contributed by atoms with Crippen LogP contribution in [0.5, 0.6) is 17.2 Å². The molecule has 0 amide bonds. The minimum Gasteiger partial charge on any atom is -0.493 e. The Bertz CT molecular complexity index is 1110. The fourth-order valence-corrected chi connectivity index (χ4v) is 4.78. The second-order valence-corrected chi connectivity index (χ2v) is 8.42. The summed E-state index contributed by atoms with van der Waals surface area (Å²) in [5, 5.41) is 6.86. The maximum atomic E-state index is 5.56. The molecule has 7 nitrogen and oxygen atoms in total. The summed E-state index contributed by atoms with van der Waals surface area (Å²) in [6.45, 7) is 0. The Hall–Kier alpha value is -3.13. The molecule has 168 valence electrons. The molecule has 1 fully saturated rings. The Balaban J connectivity index is 1.83. The van der Waals surface area contributed by atoms with Gasteiger partial charge in [-0.1, -0.05) is 25.3 Å². The first-order valence-corrected chi connectivity index (χ1v) is 11.6. The number of hydrogen-bond acceptors (Lipinski definition) is 7. The first kappa shape index (κ1) is 22.1. The predicted molar refractivity (Wildman–Crippen MR) is 127 cm³/mol. The predicted octanol–water partition coefficient (Wildman–Crippen LogP) is 4.75. The molecule has 3 aromatic rings. The molecular formula is C24H28N4O3S. The van der Waals surface area contributed by atoms with Gasteiger partial charge in [-0.2, -0.15) is 5.10 Å². The Morgan fingerprint density at radius 2 is 1.81 bits per heavy atom. The van der Waals surface area contributed by atoms with Crippen LogP contribution in [0.4, 0.5) is 0 Å². The zero-order valence-electron chi connectivity index (χ0n) is 18.7. The molecule has 2 aromatic heterocycles. The SMILES string of the molecule is COc1cc(-c2csc(=NC3CCCCC3)n2N=Cc2cccnc2)cc(OC)c1OC. The van der Waals surface area contributed by atoms with E-state index in [0.717, 1.165) is 34.5 Å². The van der Waals surface area contributed by atoms with Gasteiger partial charge in [-0.15, -0.1) is 11.3 Å². The van der Waals surface area contributed by atoms with E-state index in [1.54, 1.807) is 51.3 Å². The molecule has 0 bridgehead atoms. The minimum absolute atomic E-state index is 0.343. The molecule has 1 aliphatic rings. The fraction of sp³-hybridized carbons (Fsp3) is 0.375. The number of benzene rings is 1. The molecule has 0 atom stereocenters. The van der Waals surface area contributed by atoms with E-state index < -0.39 is 0 Å². The lowest BCUT2D eigenvalue weighted by Gasteiger charge is -2.17. The molecule has 0 unspecified atom stereocenters. The van der Waals surface area contributed by atoms with Crippen LogP contribution in [-0.4, -0.2) is 43.2 Å². The van der Waals surface area contributed by atoms with Gasteiger partial charge >= 0.3 is 0 Å². The Morgan fingerprint density at radius 1 is 1.06 bits per heavy atom. The van der Waals surface area contributed by atoms with Crippen molar-refractivity contribution in [2.45, 2.75) is 38.1 Å².